The highest BCUT2D eigenvalue weighted by Crippen LogP contribution is 1.92. The monoisotopic (exact) mass is 192 g/mol. The summed E-state index contributed by atoms with van der Waals surface area (Å²) in [6.45, 7) is 2.99. The minimum Gasteiger partial charge on any atom is -0.394 e. The Bertz CT molecular complexity index is 110. The maximum absolute atomic E-state index is 10.2. The fourth-order valence-electron chi connectivity index (χ4n) is 0.483. The van der Waals surface area contributed by atoms with Crippen LogP contribution >= 0.6 is 0 Å². The number of hydrogen-bond acceptors (Lipinski definition) is 4. The van der Waals surface area contributed by atoms with Crippen molar-refractivity contribution in [2.45, 2.75) is 39.2 Å². The second-order valence-electron chi connectivity index (χ2n) is 2.82. The van der Waals surface area contributed by atoms with Gasteiger partial charge in [-0.2, -0.15) is 0 Å². The molecule has 0 aliphatic heterocycles. The van der Waals surface area contributed by atoms with Gasteiger partial charge < -0.3 is 20.1 Å². The Labute approximate surface area is 79.2 Å². The van der Waals surface area contributed by atoms with Crippen LogP contribution in [0.25, 0.3) is 0 Å². The van der Waals surface area contributed by atoms with E-state index in [1.54, 1.807) is 6.92 Å². The third kappa shape index (κ3) is 18.5. The number of rotatable bonds is 5. The topological polar surface area (TPSA) is 77.8 Å². The van der Waals surface area contributed by atoms with E-state index in [4.69, 9.17) is 15.3 Å². The fourth-order valence-corrected chi connectivity index (χ4v) is 0.483. The first-order valence-electron chi connectivity index (χ1n) is 4.47. The molecule has 13 heavy (non-hydrogen) atoms. The Kier molecular flexibility index (Phi) is 13.4. The van der Waals surface area contributed by atoms with E-state index < -0.39 is 6.10 Å². The average molecular weight is 192 g/mol. The fraction of sp³-hybridized carbons (Fsp3) is 0.889. The smallest absolute Gasteiger partial charge is 0.129 e. The molecule has 0 spiro atoms. The maximum atomic E-state index is 10.2. The van der Waals surface area contributed by atoms with Crippen LogP contribution < -0.4 is 0 Å². The zero-order valence-corrected chi connectivity index (χ0v) is 8.36. The van der Waals surface area contributed by atoms with Crippen molar-refractivity contribution in [1.29, 1.82) is 0 Å². The summed E-state index contributed by atoms with van der Waals surface area (Å²) in [6, 6.07) is 0. The molecule has 4 nitrogen and oxygen atoms in total. The molecule has 0 aliphatic rings. The van der Waals surface area contributed by atoms with Crippen molar-refractivity contribution in [3.05, 3.63) is 0 Å². The number of ketones is 1. The van der Waals surface area contributed by atoms with Gasteiger partial charge in [-0.1, -0.05) is 13.3 Å². The molecule has 0 aromatic rings. The van der Waals surface area contributed by atoms with Gasteiger partial charge in [0.25, 0.3) is 0 Å². The van der Waals surface area contributed by atoms with Crippen molar-refractivity contribution in [3.8, 4) is 0 Å². The number of hydrogen-bond donors (Lipinski definition) is 3. The van der Waals surface area contributed by atoms with E-state index in [1.807, 2.05) is 0 Å². The normalized spacial score (nSPS) is 9.38. The van der Waals surface area contributed by atoms with E-state index in [-0.39, 0.29) is 13.2 Å². The minimum atomic E-state index is -0.954. The van der Waals surface area contributed by atoms with E-state index in [0.29, 0.717) is 5.78 Å². The first kappa shape index (κ1) is 15.0. The van der Waals surface area contributed by atoms with Crippen molar-refractivity contribution in [3.63, 3.8) is 0 Å². The van der Waals surface area contributed by atoms with Crippen LogP contribution in [-0.2, 0) is 4.79 Å². The number of aliphatic hydroxyl groups is 3. The Balaban J connectivity index is 0. The average Bonchev–Trinajstić information content (AvgIpc) is 2.14. The standard InChI is InChI=1S/C6H12O.C3H8O3/c1-3-4-5-6(2)7;4-1-3(6)2-5/h3-5H2,1-2H3;3-6H,1-2H2. The number of carbonyl (C=O) groups excluding carboxylic acids is 1. The minimum absolute atomic E-state index is 0.307. The molecule has 4 heteroatoms. The number of carbonyl (C=O) groups is 1. The highest BCUT2D eigenvalue weighted by molar-refractivity contribution is 5.75. The Hall–Kier alpha value is -0.450. The van der Waals surface area contributed by atoms with Gasteiger partial charge in [0.15, 0.2) is 0 Å². The summed E-state index contributed by atoms with van der Waals surface area (Å²) in [5, 5.41) is 24.0. The summed E-state index contributed by atoms with van der Waals surface area (Å²) in [6.07, 6.45) is 1.98. The molecule has 0 unspecified atom stereocenters. The molecule has 3 N–H and O–H groups in total. The molecule has 0 fully saturated rings. The van der Waals surface area contributed by atoms with Crippen LogP contribution in [0.2, 0.25) is 0 Å². The highest BCUT2D eigenvalue weighted by Gasteiger charge is 1.93. The van der Waals surface area contributed by atoms with Crippen LogP contribution in [0.5, 0.6) is 0 Å². The molecule has 0 radical (unpaired) electrons. The number of aliphatic hydroxyl groups excluding tert-OH is 3. The molecule has 80 valence electrons. The van der Waals surface area contributed by atoms with Crippen LogP contribution in [0.4, 0.5) is 0 Å². The zero-order chi connectivity index (χ0) is 10.7. The van der Waals surface area contributed by atoms with E-state index in [1.165, 1.54) is 0 Å². The van der Waals surface area contributed by atoms with Gasteiger partial charge in [-0.15, -0.1) is 0 Å². The summed E-state index contributed by atoms with van der Waals surface area (Å²) in [5.41, 5.74) is 0. The van der Waals surface area contributed by atoms with Crippen LogP contribution in [-0.4, -0.2) is 40.4 Å². The number of unbranched alkanes of at least 4 members (excludes halogenated alkanes) is 1. The number of Topliss-reactive ketones (excluding diaryl/α,β-unsaturated/α-hetero) is 1. The molecule has 0 aromatic heterocycles. The van der Waals surface area contributed by atoms with Gasteiger partial charge in [-0.3, -0.25) is 0 Å². The lowest BCUT2D eigenvalue weighted by molar-refractivity contribution is -0.117. The summed E-state index contributed by atoms with van der Waals surface area (Å²) in [7, 11) is 0. The van der Waals surface area contributed by atoms with Crippen molar-refractivity contribution in [2.24, 2.45) is 0 Å². The lowest BCUT2D eigenvalue weighted by Crippen LogP contribution is -2.15. The lowest BCUT2D eigenvalue weighted by Gasteiger charge is -1.96. The third-order valence-electron chi connectivity index (χ3n) is 1.30. The SMILES string of the molecule is CCCCC(C)=O.OCC(O)CO. The van der Waals surface area contributed by atoms with Crippen molar-refractivity contribution >= 4 is 5.78 Å². The predicted octanol–water partition coefficient (Wildman–Crippen LogP) is 0.0975. The first-order chi connectivity index (χ1) is 6.08. The van der Waals surface area contributed by atoms with Crippen LogP contribution in [0.1, 0.15) is 33.1 Å². The lowest BCUT2D eigenvalue weighted by atomic mass is 10.2. The molecule has 0 atom stereocenters. The second-order valence-corrected chi connectivity index (χ2v) is 2.82. The molecule has 0 amide bonds. The largest absolute Gasteiger partial charge is 0.394 e. The van der Waals surface area contributed by atoms with E-state index >= 15 is 0 Å². The van der Waals surface area contributed by atoms with E-state index in [2.05, 4.69) is 6.92 Å². The highest BCUT2D eigenvalue weighted by atomic mass is 16.3. The van der Waals surface area contributed by atoms with Crippen LogP contribution in [0, 0.1) is 0 Å². The van der Waals surface area contributed by atoms with Crippen molar-refractivity contribution < 1.29 is 20.1 Å². The van der Waals surface area contributed by atoms with E-state index in [0.717, 1.165) is 19.3 Å². The predicted molar refractivity (Wildman–Crippen MR) is 50.4 cm³/mol. The van der Waals surface area contributed by atoms with Crippen LogP contribution in [0.3, 0.4) is 0 Å². The second kappa shape index (κ2) is 11.6. The molecular weight excluding hydrogens is 172 g/mol. The van der Waals surface area contributed by atoms with Gasteiger partial charge >= 0.3 is 0 Å². The molecular formula is C9H20O4. The van der Waals surface area contributed by atoms with E-state index in [9.17, 15) is 4.79 Å². The Morgan fingerprint density at radius 2 is 1.77 bits per heavy atom. The van der Waals surface area contributed by atoms with Crippen molar-refractivity contribution in [1.82, 2.24) is 0 Å². The Morgan fingerprint density at radius 3 is 1.85 bits per heavy atom. The third-order valence-corrected chi connectivity index (χ3v) is 1.30. The first-order valence-corrected chi connectivity index (χ1v) is 4.47. The molecule has 0 saturated heterocycles. The molecule has 0 heterocycles. The maximum Gasteiger partial charge on any atom is 0.129 e. The quantitative estimate of drug-likeness (QED) is 0.577. The van der Waals surface area contributed by atoms with Gasteiger partial charge in [0.05, 0.1) is 13.2 Å². The molecule has 0 bridgehead atoms. The van der Waals surface area contributed by atoms with Gasteiger partial charge in [0.2, 0.25) is 0 Å². The summed E-state index contributed by atoms with van der Waals surface area (Å²) in [4.78, 5) is 10.2. The molecule has 0 aromatic carbocycles. The van der Waals surface area contributed by atoms with Gasteiger partial charge in [-0.25, -0.2) is 0 Å². The van der Waals surface area contributed by atoms with Gasteiger partial charge in [0.1, 0.15) is 11.9 Å². The zero-order valence-electron chi connectivity index (χ0n) is 8.36. The molecule has 0 aliphatic carbocycles. The molecule has 0 saturated carbocycles. The van der Waals surface area contributed by atoms with Gasteiger partial charge in [-0.05, 0) is 13.3 Å². The van der Waals surface area contributed by atoms with Crippen molar-refractivity contribution in [2.75, 3.05) is 13.2 Å². The summed E-state index contributed by atoms with van der Waals surface area (Å²) < 4.78 is 0. The molecule has 0 rings (SSSR count). The summed E-state index contributed by atoms with van der Waals surface area (Å²) in [5.74, 6) is 0.307. The van der Waals surface area contributed by atoms with Crippen LogP contribution in [0.15, 0.2) is 0 Å². The Morgan fingerprint density at radius 1 is 1.31 bits per heavy atom. The summed E-state index contributed by atoms with van der Waals surface area (Å²) >= 11 is 0. The van der Waals surface area contributed by atoms with Gasteiger partial charge in [0, 0.05) is 6.42 Å².